The molecule has 0 amide bonds. The lowest BCUT2D eigenvalue weighted by atomic mass is 9.84. The predicted molar refractivity (Wildman–Crippen MR) is 106 cm³/mol. The average molecular weight is 399 g/mol. The molecule has 0 aliphatic heterocycles. The first-order chi connectivity index (χ1) is 12.6. The van der Waals surface area contributed by atoms with E-state index in [4.69, 9.17) is 18.7 Å². The number of hydrogen-bond donors (Lipinski definition) is 0. The van der Waals surface area contributed by atoms with E-state index in [2.05, 4.69) is 27.7 Å². The maximum atomic E-state index is 12.6. The minimum absolute atomic E-state index is 0.106. The molecule has 0 aromatic heterocycles. The second kappa shape index (κ2) is 10.7. The molecule has 0 aliphatic carbocycles. The lowest BCUT2D eigenvalue weighted by molar-refractivity contribution is -0.0658. The Hall–Kier alpha value is -1.49. The van der Waals surface area contributed by atoms with Gasteiger partial charge in [0.2, 0.25) is 6.29 Å². The molecule has 0 radical (unpaired) electrons. The number of rotatable bonds is 11. The maximum Gasteiger partial charge on any atom is 0.596 e. The Bertz CT molecular complexity index is 616. The van der Waals surface area contributed by atoms with Crippen LogP contribution in [0, 0.1) is 11.3 Å². The number of hydrogen-bond acceptors (Lipinski definition) is 6. The molecule has 0 bridgehead atoms. The van der Waals surface area contributed by atoms with Crippen molar-refractivity contribution in [1.82, 2.24) is 0 Å². The van der Waals surface area contributed by atoms with Crippen LogP contribution in [0.5, 0.6) is 11.5 Å². The molecule has 0 saturated carbocycles. The van der Waals surface area contributed by atoms with Crippen molar-refractivity contribution in [2.24, 2.45) is 11.3 Å². The molecular formula is C20H32O6P+. The summed E-state index contributed by atoms with van der Waals surface area (Å²) in [7, 11) is 0.240. The van der Waals surface area contributed by atoms with Gasteiger partial charge in [0.05, 0.1) is 20.8 Å². The van der Waals surface area contributed by atoms with Crippen LogP contribution in [0.2, 0.25) is 0 Å². The Morgan fingerprint density at radius 1 is 1.11 bits per heavy atom. The zero-order valence-corrected chi connectivity index (χ0v) is 18.3. The number of benzene rings is 1. The largest absolute Gasteiger partial charge is 0.596 e. The number of carbonyl (C=O) groups is 1. The van der Waals surface area contributed by atoms with Crippen molar-refractivity contribution in [1.29, 1.82) is 0 Å². The first kappa shape index (κ1) is 23.5. The van der Waals surface area contributed by atoms with Crippen molar-refractivity contribution in [3.63, 3.8) is 0 Å². The van der Waals surface area contributed by atoms with Gasteiger partial charge in [-0.25, -0.2) is 4.79 Å². The minimum atomic E-state index is -2.63. The highest BCUT2D eigenvalue weighted by molar-refractivity contribution is 7.60. The Kier molecular flexibility index (Phi) is 9.37. The number of ether oxygens (including phenoxy) is 3. The summed E-state index contributed by atoms with van der Waals surface area (Å²) >= 11 is 0. The Labute approximate surface area is 163 Å². The third kappa shape index (κ3) is 7.96. The third-order valence-electron chi connectivity index (χ3n) is 3.98. The van der Waals surface area contributed by atoms with Gasteiger partial charge in [-0.15, -0.1) is 4.52 Å². The Balaban J connectivity index is 2.60. The molecular weight excluding hydrogens is 367 g/mol. The van der Waals surface area contributed by atoms with E-state index in [1.807, 2.05) is 0 Å². The van der Waals surface area contributed by atoms with Crippen molar-refractivity contribution < 1.29 is 28.1 Å². The SMILES string of the molecule is COc1cccc(OC)c1C(=O)[P+](=O)OC(C)OCCC(C)CC(C)(C)C. The molecule has 0 N–H and O–H groups in total. The highest BCUT2D eigenvalue weighted by Gasteiger charge is 2.39. The predicted octanol–water partition coefficient (Wildman–Crippen LogP) is 5.43. The van der Waals surface area contributed by atoms with Crippen LogP contribution in [-0.4, -0.2) is 32.6 Å². The Morgan fingerprint density at radius 3 is 2.15 bits per heavy atom. The molecule has 0 spiro atoms. The van der Waals surface area contributed by atoms with E-state index in [1.165, 1.54) is 14.2 Å². The van der Waals surface area contributed by atoms with E-state index >= 15 is 0 Å². The molecule has 0 saturated heterocycles. The van der Waals surface area contributed by atoms with Crippen LogP contribution < -0.4 is 9.47 Å². The maximum absolute atomic E-state index is 12.6. The summed E-state index contributed by atoms with van der Waals surface area (Å²) in [4.78, 5) is 12.6. The van der Waals surface area contributed by atoms with Crippen molar-refractivity contribution in [2.75, 3.05) is 20.8 Å². The molecule has 1 rings (SSSR count). The minimum Gasteiger partial charge on any atom is -0.496 e. The van der Waals surface area contributed by atoms with Gasteiger partial charge < -0.3 is 14.2 Å². The van der Waals surface area contributed by atoms with E-state index in [9.17, 15) is 9.36 Å². The van der Waals surface area contributed by atoms with Gasteiger partial charge in [-0.05, 0) is 47.8 Å². The topological polar surface area (TPSA) is 71.1 Å². The van der Waals surface area contributed by atoms with Crippen LogP contribution in [0.1, 0.15) is 57.8 Å². The monoisotopic (exact) mass is 399 g/mol. The van der Waals surface area contributed by atoms with Crippen LogP contribution >= 0.6 is 8.03 Å². The molecule has 0 aliphatic rings. The summed E-state index contributed by atoms with van der Waals surface area (Å²) in [6.07, 6.45) is 1.21. The first-order valence-corrected chi connectivity index (χ1v) is 10.3. The zero-order chi connectivity index (χ0) is 20.6. The van der Waals surface area contributed by atoms with Crippen molar-refractivity contribution in [3.8, 4) is 11.5 Å². The summed E-state index contributed by atoms with van der Waals surface area (Å²) in [5, 5.41) is 0. The van der Waals surface area contributed by atoms with Crippen LogP contribution in [0.4, 0.5) is 0 Å². The van der Waals surface area contributed by atoms with E-state index in [-0.39, 0.29) is 22.5 Å². The molecule has 0 fully saturated rings. The highest BCUT2D eigenvalue weighted by atomic mass is 31.1. The van der Waals surface area contributed by atoms with Gasteiger partial charge in [-0.2, -0.15) is 0 Å². The van der Waals surface area contributed by atoms with Crippen LogP contribution in [0.25, 0.3) is 0 Å². The molecule has 7 heteroatoms. The van der Waals surface area contributed by atoms with Crippen LogP contribution in [0.3, 0.4) is 0 Å². The van der Waals surface area contributed by atoms with Crippen LogP contribution in [0.15, 0.2) is 18.2 Å². The molecule has 27 heavy (non-hydrogen) atoms. The fraction of sp³-hybridized carbons (Fsp3) is 0.650. The quantitative estimate of drug-likeness (QED) is 0.365. The van der Waals surface area contributed by atoms with Gasteiger partial charge in [0.1, 0.15) is 11.5 Å². The second-order valence-corrected chi connectivity index (χ2v) is 8.93. The highest BCUT2D eigenvalue weighted by Crippen LogP contribution is 2.38. The summed E-state index contributed by atoms with van der Waals surface area (Å²) in [5.74, 6) is 1.08. The van der Waals surface area contributed by atoms with E-state index in [1.54, 1.807) is 25.1 Å². The lowest BCUT2D eigenvalue weighted by Crippen LogP contribution is -2.16. The smallest absolute Gasteiger partial charge is 0.496 e. The Morgan fingerprint density at radius 2 is 1.67 bits per heavy atom. The fourth-order valence-electron chi connectivity index (χ4n) is 2.95. The average Bonchev–Trinajstić information content (AvgIpc) is 2.58. The molecule has 3 unspecified atom stereocenters. The van der Waals surface area contributed by atoms with Gasteiger partial charge in [-0.3, -0.25) is 0 Å². The van der Waals surface area contributed by atoms with E-state index in [0.29, 0.717) is 12.5 Å². The molecule has 1 aromatic carbocycles. The van der Waals surface area contributed by atoms with Gasteiger partial charge in [0, 0.05) is 0 Å². The van der Waals surface area contributed by atoms with Gasteiger partial charge in [0.15, 0.2) is 5.56 Å². The van der Waals surface area contributed by atoms with Crippen molar-refractivity contribution in [3.05, 3.63) is 23.8 Å². The lowest BCUT2D eigenvalue weighted by Gasteiger charge is -2.23. The van der Waals surface area contributed by atoms with Gasteiger partial charge in [0.25, 0.3) is 0 Å². The van der Waals surface area contributed by atoms with E-state index in [0.717, 1.165) is 12.8 Å². The van der Waals surface area contributed by atoms with Gasteiger partial charge in [-0.1, -0.05) is 33.8 Å². The summed E-state index contributed by atoms with van der Waals surface area (Å²) in [6, 6.07) is 4.90. The van der Waals surface area contributed by atoms with Gasteiger partial charge >= 0.3 is 13.6 Å². The summed E-state index contributed by atoms with van der Waals surface area (Å²) in [5.41, 5.74) is -0.309. The molecule has 152 valence electrons. The third-order valence-corrected chi connectivity index (χ3v) is 5.02. The number of carbonyl (C=O) groups excluding carboxylic acids is 1. The summed E-state index contributed by atoms with van der Waals surface area (Å²) < 4.78 is 33.6. The molecule has 1 aromatic rings. The zero-order valence-electron chi connectivity index (χ0n) is 17.4. The number of methoxy groups -OCH3 is 2. The van der Waals surface area contributed by atoms with Crippen molar-refractivity contribution in [2.45, 2.75) is 53.8 Å². The van der Waals surface area contributed by atoms with Crippen LogP contribution in [-0.2, 0) is 13.8 Å². The summed E-state index contributed by atoms with van der Waals surface area (Å²) in [6.45, 7) is 10.9. The second-order valence-electron chi connectivity index (χ2n) is 7.80. The molecule has 3 atom stereocenters. The molecule has 0 heterocycles. The van der Waals surface area contributed by atoms with E-state index < -0.39 is 19.8 Å². The normalized spacial score (nSPS) is 14.4. The van der Waals surface area contributed by atoms with Crippen molar-refractivity contribution >= 4 is 13.6 Å². The first-order valence-electron chi connectivity index (χ1n) is 9.10. The fourth-order valence-corrected chi connectivity index (χ4v) is 3.78. The molecule has 6 nitrogen and oxygen atoms in total. The standard InChI is InChI=1S/C20H32O6P/c1-14(13-20(3,4)5)11-12-25-15(2)26-27(22)19(21)18-16(23-6)9-8-10-17(18)24-7/h8-10,14-15H,11-13H2,1-7H3/q+1.